The van der Waals surface area contributed by atoms with Gasteiger partial charge in [0.15, 0.2) is 11.5 Å². The number of aryl methyl sites for hydroxylation is 1. The standard InChI is InChI=1S/C26H22BrNO4/c1-3-31-24-14-19(12-22(15-28)20-7-9-21(10-8-20)26(29)30)13-23(27)25(24)32-16-18-6-4-5-17(2)11-18/h4-14H,3,16H2,1-2H3,(H,29,30)/b22-12-. The Hall–Kier alpha value is -3.56. The van der Waals surface area contributed by atoms with E-state index in [2.05, 4.69) is 28.1 Å². The van der Waals surface area contributed by atoms with E-state index in [-0.39, 0.29) is 5.56 Å². The summed E-state index contributed by atoms with van der Waals surface area (Å²) in [6, 6.07) is 20.2. The van der Waals surface area contributed by atoms with E-state index in [0.29, 0.717) is 40.3 Å². The Kier molecular flexibility index (Phi) is 7.69. The zero-order chi connectivity index (χ0) is 23.1. The normalized spacial score (nSPS) is 11.0. The van der Waals surface area contributed by atoms with Crippen molar-refractivity contribution < 1.29 is 19.4 Å². The molecule has 0 heterocycles. The number of allylic oxidation sites excluding steroid dienone is 1. The first-order valence-corrected chi connectivity index (χ1v) is 10.8. The molecule has 0 spiro atoms. The van der Waals surface area contributed by atoms with E-state index in [0.717, 1.165) is 16.7 Å². The predicted molar refractivity (Wildman–Crippen MR) is 128 cm³/mol. The lowest BCUT2D eigenvalue weighted by Gasteiger charge is -2.15. The maximum Gasteiger partial charge on any atom is 0.335 e. The number of ether oxygens (including phenoxy) is 2. The lowest BCUT2D eigenvalue weighted by atomic mass is 10.0. The number of carboxylic acids is 1. The summed E-state index contributed by atoms with van der Waals surface area (Å²) in [7, 11) is 0. The molecule has 6 heteroatoms. The molecule has 32 heavy (non-hydrogen) atoms. The van der Waals surface area contributed by atoms with Gasteiger partial charge in [0.1, 0.15) is 6.61 Å². The number of nitriles is 1. The minimum absolute atomic E-state index is 0.169. The molecule has 0 saturated heterocycles. The molecule has 5 nitrogen and oxygen atoms in total. The second-order valence-electron chi connectivity index (χ2n) is 7.09. The van der Waals surface area contributed by atoms with Crippen molar-refractivity contribution in [2.75, 3.05) is 6.61 Å². The Labute approximate surface area is 195 Å². The molecule has 0 aliphatic heterocycles. The topological polar surface area (TPSA) is 79.5 Å². The van der Waals surface area contributed by atoms with E-state index in [9.17, 15) is 10.1 Å². The van der Waals surface area contributed by atoms with Crippen molar-refractivity contribution >= 4 is 33.5 Å². The fourth-order valence-corrected chi connectivity index (χ4v) is 3.75. The molecular weight excluding hydrogens is 470 g/mol. The van der Waals surface area contributed by atoms with Gasteiger partial charge in [0.2, 0.25) is 0 Å². The highest BCUT2D eigenvalue weighted by molar-refractivity contribution is 9.10. The number of halogens is 1. The maximum atomic E-state index is 11.1. The van der Waals surface area contributed by atoms with Gasteiger partial charge < -0.3 is 14.6 Å². The Bertz CT molecular complexity index is 1190. The number of rotatable bonds is 8. The first-order chi connectivity index (χ1) is 15.4. The molecule has 0 aromatic heterocycles. The monoisotopic (exact) mass is 491 g/mol. The number of carboxylic acid groups (broad SMARTS) is 1. The quantitative estimate of drug-likeness (QED) is 0.287. The predicted octanol–water partition coefficient (Wildman–Crippen LogP) is 6.50. The molecule has 0 radical (unpaired) electrons. The first-order valence-electron chi connectivity index (χ1n) is 10.0. The van der Waals surface area contributed by atoms with Gasteiger partial charge in [-0.3, -0.25) is 0 Å². The zero-order valence-corrected chi connectivity index (χ0v) is 19.3. The second-order valence-corrected chi connectivity index (χ2v) is 7.95. The minimum Gasteiger partial charge on any atom is -0.490 e. The van der Waals surface area contributed by atoms with Crippen molar-refractivity contribution in [3.8, 4) is 17.6 Å². The van der Waals surface area contributed by atoms with Crippen molar-refractivity contribution in [1.82, 2.24) is 0 Å². The fourth-order valence-electron chi connectivity index (χ4n) is 3.17. The summed E-state index contributed by atoms with van der Waals surface area (Å²) >= 11 is 3.57. The smallest absolute Gasteiger partial charge is 0.335 e. The van der Waals surface area contributed by atoms with Crippen LogP contribution in [-0.4, -0.2) is 17.7 Å². The molecule has 0 aliphatic carbocycles. The molecule has 0 fully saturated rings. The average molecular weight is 492 g/mol. The molecule has 3 rings (SSSR count). The number of hydrogen-bond acceptors (Lipinski definition) is 4. The van der Waals surface area contributed by atoms with Gasteiger partial charge in [-0.15, -0.1) is 0 Å². The Balaban J connectivity index is 1.91. The van der Waals surface area contributed by atoms with Gasteiger partial charge in [0.25, 0.3) is 0 Å². The largest absolute Gasteiger partial charge is 0.490 e. The Morgan fingerprint density at radius 1 is 1.09 bits per heavy atom. The third-order valence-electron chi connectivity index (χ3n) is 4.67. The molecule has 0 aliphatic rings. The highest BCUT2D eigenvalue weighted by Crippen LogP contribution is 2.38. The second kappa shape index (κ2) is 10.7. The van der Waals surface area contributed by atoms with Gasteiger partial charge in [0.05, 0.1) is 28.3 Å². The highest BCUT2D eigenvalue weighted by atomic mass is 79.9. The highest BCUT2D eigenvalue weighted by Gasteiger charge is 2.13. The van der Waals surface area contributed by atoms with E-state index in [1.165, 1.54) is 12.1 Å². The Morgan fingerprint density at radius 3 is 2.44 bits per heavy atom. The van der Waals surface area contributed by atoms with E-state index in [1.54, 1.807) is 18.2 Å². The number of hydrogen-bond donors (Lipinski definition) is 1. The van der Waals surface area contributed by atoms with Crippen molar-refractivity contribution in [1.29, 1.82) is 5.26 Å². The first kappa shape index (κ1) is 23.1. The molecule has 0 bridgehead atoms. The van der Waals surface area contributed by atoms with Crippen LogP contribution in [0, 0.1) is 18.3 Å². The van der Waals surface area contributed by atoms with Crippen molar-refractivity contribution in [2.45, 2.75) is 20.5 Å². The number of aromatic carboxylic acids is 1. The molecule has 3 aromatic rings. The Morgan fingerprint density at radius 2 is 1.81 bits per heavy atom. The summed E-state index contributed by atoms with van der Waals surface area (Å²) in [5.41, 5.74) is 4.18. The van der Waals surface area contributed by atoms with E-state index in [1.807, 2.05) is 44.2 Å². The summed E-state index contributed by atoms with van der Waals surface area (Å²) in [4.78, 5) is 11.1. The van der Waals surface area contributed by atoms with Gasteiger partial charge in [-0.25, -0.2) is 4.79 Å². The SMILES string of the molecule is CCOc1cc(/C=C(/C#N)c2ccc(C(=O)O)cc2)cc(Br)c1OCc1cccc(C)c1. The zero-order valence-electron chi connectivity index (χ0n) is 17.8. The summed E-state index contributed by atoms with van der Waals surface area (Å²) in [6.45, 7) is 4.79. The third-order valence-corrected chi connectivity index (χ3v) is 5.26. The molecule has 0 saturated carbocycles. The summed E-state index contributed by atoms with van der Waals surface area (Å²) < 4.78 is 12.6. The van der Waals surface area contributed by atoms with E-state index < -0.39 is 5.97 Å². The summed E-state index contributed by atoms with van der Waals surface area (Å²) in [5.74, 6) is 0.152. The lowest BCUT2D eigenvalue weighted by Crippen LogP contribution is -2.01. The van der Waals surface area contributed by atoms with Crippen LogP contribution in [0.3, 0.4) is 0 Å². The maximum absolute atomic E-state index is 11.1. The fraction of sp³-hybridized carbons (Fsp3) is 0.154. The van der Waals surface area contributed by atoms with Crippen LogP contribution >= 0.6 is 15.9 Å². The van der Waals surface area contributed by atoms with Crippen LogP contribution in [0.4, 0.5) is 0 Å². The summed E-state index contributed by atoms with van der Waals surface area (Å²) in [6.07, 6.45) is 1.73. The number of nitrogens with zero attached hydrogens (tertiary/aromatic N) is 1. The average Bonchev–Trinajstić information content (AvgIpc) is 2.77. The van der Waals surface area contributed by atoms with Crippen LogP contribution < -0.4 is 9.47 Å². The van der Waals surface area contributed by atoms with Crippen LogP contribution in [0.15, 0.2) is 65.1 Å². The van der Waals surface area contributed by atoms with Gasteiger partial charge in [-0.2, -0.15) is 5.26 Å². The van der Waals surface area contributed by atoms with Crippen molar-refractivity contribution in [2.24, 2.45) is 0 Å². The molecule has 1 N–H and O–H groups in total. The summed E-state index contributed by atoms with van der Waals surface area (Å²) in [5, 5.41) is 18.7. The van der Waals surface area contributed by atoms with Crippen LogP contribution in [0.25, 0.3) is 11.6 Å². The van der Waals surface area contributed by atoms with E-state index >= 15 is 0 Å². The number of benzene rings is 3. The van der Waals surface area contributed by atoms with Gasteiger partial charge in [0, 0.05) is 0 Å². The van der Waals surface area contributed by atoms with Crippen molar-refractivity contribution in [3.05, 3.63) is 93.0 Å². The molecule has 3 aromatic carbocycles. The lowest BCUT2D eigenvalue weighted by molar-refractivity contribution is 0.0697. The molecule has 0 atom stereocenters. The van der Waals surface area contributed by atoms with Gasteiger partial charge in [-0.1, -0.05) is 42.0 Å². The molecule has 0 unspecified atom stereocenters. The van der Waals surface area contributed by atoms with Gasteiger partial charge in [-0.05, 0) is 76.8 Å². The van der Waals surface area contributed by atoms with Crippen LogP contribution in [0.2, 0.25) is 0 Å². The van der Waals surface area contributed by atoms with Crippen LogP contribution in [0.5, 0.6) is 11.5 Å². The molecule has 162 valence electrons. The number of carbonyl (C=O) groups is 1. The van der Waals surface area contributed by atoms with Gasteiger partial charge >= 0.3 is 5.97 Å². The van der Waals surface area contributed by atoms with Crippen LogP contribution in [-0.2, 0) is 6.61 Å². The third kappa shape index (κ3) is 5.77. The minimum atomic E-state index is -1.01. The van der Waals surface area contributed by atoms with E-state index in [4.69, 9.17) is 14.6 Å². The molecular formula is C26H22BrNO4. The van der Waals surface area contributed by atoms with Crippen LogP contribution in [0.1, 0.15) is 39.5 Å². The van der Waals surface area contributed by atoms with Crippen molar-refractivity contribution in [3.63, 3.8) is 0 Å². The molecule has 0 amide bonds.